The van der Waals surface area contributed by atoms with Gasteiger partial charge in [-0.05, 0) is 37.5 Å². The van der Waals surface area contributed by atoms with Crippen LogP contribution >= 0.6 is 11.6 Å². The monoisotopic (exact) mass is 241 g/mol. The van der Waals surface area contributed by atoms with Crippen LogP contribution < -0.4 is 5.73 Å². The van der Waals surface area contributed by atoms with Gasteiger partial charge in [0.1, 0.15) is 6.10 Å². The van der Waals surface area contributed by atoms with Crippen LogP contribution in [0.3, 0.4) is 0 Å². The average molecular weight is 242 g/mol. The lowest BCUT2D eigenvalue weighted by atomic mass is 9.97. The fourth-order valence-corrected chi connectivity index (χ4v) is 2.20. The van der Waals surface area contributed by atoms with Crippen LogP contribution in [0, 0.1) is 0 Å². The van der Waals surface area contributed by atoms with Gasteiger partial charge in [0.2, 0.25) is 0 Å². The van der Waals surface area contributed by atoms with Crippen molar-refractivity contribution in [1.82, 2.24) is 0 Å². The first-order valence-electron chi connectivity index (χ1n) is 5.53. The van der Waals surface area contributed by atoms with E-state index < -0.39 is 6.10 Å². The lowest BCUT2D eigenvalue weighted by Crippen LogP contribution is -2.26. The number of rotatable bonds is 2. The number of aliphatic hydroxyl groups is 1. The predicted octanol–water partition coefficient (Wildman–Crippen LogP) is 2.52. The zero-order chi connectivity index (χ0) is 11.5. The smallest absolute Gasteiger partial charge is 0.107 e. The zero-order valence-electron chi connectivity index (χ0n) is 9.03. The normalized spacial score (nSPS) is 23.0. The summed E-state index contributed by atoms with van der Waals surface area (Å²) in [5, 5.41) is 10.8. The molecule has 0 bridgehead atoms. The van der Waals surface area contributed by atoms with Crippen molar-refractivity contribution in [3.63, 3.8) is 0 Å². The summed E-state index contributed by atoms with van der Waals surface area (Å²) in [6.45, 7) is 0.711. The molecular formula is C12H16ClNO2. The van der Waals surface area contributed by atoms with Crippen molar-refractivity contribution >= 4 is 17.3 Å². The van der Waals surface area contributed by atoms with E-state index >= 15 is 0 Å². The van der Waals surface area contributed by atoms with Gasteiger partial charge in [0, 0.05) is 22.9 Å². The number of nitrogens with two attached hydrogens (primary N) is 1. The fourth-order valence-electron chi connectivity index (χ4n) is 2.02. The molecule has 0 amide bonds. The molecule has 1 aromatic carbocycles. The van der Waals surface area contributed by atoms with Crippen molar-refractivity contribution in [3.05, 3.63) is 28.8 Å². The molecule has 2 unspecified atom stereocenters. The number of aliphatic hydroxyl groups excluding tert-OH is 1. The highest BCUT2D eigenvalue weighted by molar-refractivity contribution is 6.30. The molecule has 0 aromatic heterocycles. The molecule has 16 heavy (non-hydrogen) atoms. The van der Waals surface area contributed by atoms with Gasteiger partial charge in [0.15, 0.2) is 0 Å². The third-order valence-corrected chi connectivity index (χ3v) is 3.17. The van der Waals surface area contributed by atoms with Gasteiger partial charge in [-0.1, -0.05) is 11.6 Å². The Morgan fingerprint density at radius 2 is 2.25 bits per heavy atom. The Morgan fingerprint density at radius 3 is 2.94 bits per heavy atom. The van der Waals surface area contributed by atoms with Crippen molar-refractivity contribution in [2.24, 2.45) is 0 Å². The summed E-state index contributed by atoms with van der Waals surface area (Å²) in [4.78, 5) is 0. The molecule has 0 radical (unpaired) electrons. The summed E-state index contributed by atoms with van der Waals surface area (Å²) in [5.74, 6) is 0. The molecule has 0 saturated carbocycles. The lowest BCUT2D eigenvalue weighted by Gasteiger charge is -2.28. The van der Waals surface area contributed by atoms with Gasteiger partial charge in [-0.15, -0.1) is 0 Å². The molecule has 0 aliphatic carbocycles. The van der Waals surface area contributed by atoms with Crippen LogP contribution in [0.1, 0.15) is 30.9 Å². The maximum atomic E-state index is 10.2. The van der Waals surface area contributed by atoms with Crippen molar-refractivity contribution in [1.29, 1.82) is 0 Å². The Bertz CT molecular complexity index is 364. The third kappa shape index (κ3) is 2.48. The van der Waals surface area contributed by atoms with E-state index in [2.05, 4.69) is 0 Å². The van der Waals surface area contributed by atoms with Crippen LogP contribution in [0.2, 0.25) is 5.02 Å². The Morgan fingerprint density at radius 1 is 1.44 bits per heavy atom. The van der Waals surface area contributed by atoms with Gasteiger partial charge in [-0.25, -0.2) is 0 Å². The maximum Gasteiger partial charge on any atom is 0.107 e. The molecule has 0 spiro atoms. The molecule has 1 heterocycles. The number of ether oxygens (including phenoxy) is 1. The van der Waals surface area contributed by atoms with Gasteiger partial charge >= 0.3 is 0 Å². The molecule has 3 nitrogen and oxygen atoms in total. The Labute approximate surface area is 100 Å². The summed E-state index contributed by atoms with van der Waals surface area (Å²) < 4.78 is 5.54. The molecule has 1 aliphatic heterocycles. The molecule has 1 aliphatic rings. The first-order valence-corrected chi connectivity index (χ1v) is 5.91. The summed E-state index contributed by atoms with van der Waals surface area (Å²) in [7, 11) is 0. The van der Waals surface area contributed by atoms with Crippen LogP contribution in [0.5, 0.6) is 0 Å². The minimum absolute atomic E-state index is 0.158. The number of halogens is 1. The highest BCUT2D eigenvalue weighted by Crippen LogP contribution is 2.31. The van der Waals surface area contributed by atoms with Crippen LogP contribution in [-0.4, -0.2) is 17.8 Å². The fraction of sp³-hybridized carbons (Fsp3) is 0.500. The van der Waals surface area contributed by atoms with Gasteiger partial charge in [-0.3, -0.25) is 0 Å². The summed E-state index contributed by atoms with van der Waals surface area (Å²) in [6.07, 6.45) is 2.18. The summed E-state index contributed by atoms with van der Waals surface area (Å²) in [5.41, 5.74) is 7.05. The summed E-state index contributed by atoms with van der Waals surface area (Å²) >= 11 is 5.89. The van der Waals surface area contributed by atoms with E-state index in [-0.39, 0.29) is 6.10 Å². The van der Waals surface area contributed by atoms with Crippen LogP contribution in [-0.2, 0) is 4.74 Å². The van der Waals surface area contributed by atoms with Crippen LogP contribution in [0.4, 0.5) is 5.69 Å². The molecule has 1 aromatic rings. The highest BCUT2D eigenvalue weighted by atomic mass is 35.5. The SMILES string of the molecule is Nc1ccc(Cl)cc1C(O)C1CCCCO1. The van der Waals surface area contributed by atoms with Crippen molar-refractivity contribution in [3.8, 4) is 0 Å². The number of hydrogen-bond acceptors (Lipinski definition) is 3. The van der Waals surface area contributed by atoms with Crippen molar-refractivity contribution < 1.29 is 9.84 Å². The van der Waals surface area contributed by atoms with E-state index in [9.17, 15) is 5.11 Å². The number of hydrogen-bond donors (Lipinski definition) is 2. The largest absolute Gasteiger partial charge is 0.398 e. The standard InChI is InChI=1S/C12H16ClNO2/c13-8-4-5-10(14)9(7-8)12(15)11-3-1-2-6-16-11/h4-5,7,11-12,15H,1-3,6,14H2. The van der Waals surface area contributed by atoms with Crippen LogP contribution in [0.15, 0.2) is 18.2 Å². The minimum Gasteiger partial charge on any atom is -0.398 e. The number of benzene rings is 1. The predicted molar refractivity (Wildman–Crippen MR) is 64.4 cm³/mol. The highest BCUT2D eigenvalue weighted by Gasteiger charge is 2.25. The first-order chi connectivity index (χ1) is 7.68. The van der Waals surface area contributed by atoms with Crippen molar-refractivity contribution in [2.45, 2.75) is 31.5 Å². The van der Waals surface area contributed by atoms with E-state index in [1.54, 1.807) is 18.2 Å². The molecular weight excluding hydrogens is 226 g/mol. The molecule has 1 saturated heterocycles. The van der Waals surface area contributed by atoms with Gasteiger partial charge in [-0.2, -0.15) is 0 Å². The van der Waals surface area contributed by atoms with E-state index in [0.29, 0.717) is 22.9 Å². The topological polar surface area (TPSA) is 55.5 Å². The van der Waals surface area contributed by atoms with E-state index in [1.165, 1.54) is 0 Å². The molecule has 1 fully saturated rings. The molecule has 2 atom stereocenters. The number of nitrogen functional groups attached to an aromatic ring is 1. The zero-order valence-corrected chi connectivity index (χ0v) is 9.78. The second kappa shape index (κ2) is 5.04. The van der Waals surface area contributed by atoms with Gasteiger partial charge in [0.05, 0.1) is 6.10 Å². The average Bonchev–Trinajstić information content (AvgIpc) is 2.32. The second-order valence-corrected chi connectivity index (χ2v) is 4.56. The minimum atomic E-state index is -0.681. The Kier molecular flexibility index (Phi) is 3.69. The quantitative estimate of drug-likeness (QED) is 0.783. The molecule has 3 N–H and O–H groups in total. The summed E-state index contributed by atoms with van der Waals surface area (Å²) in [6, 6.07) is 5.14. The molecule has 88 valence electrons. The Balaban J connectivity index is 2.18. The maximum absolute atomic E-state index is 10.2. The van der Waals surface area contributed by atoms with E-state index in [0.717, 1.165) is 19.3 Å². The van der Waals surface area contributed by atoms with E-state index in [4.69, 9.17) is 22.1 Å². The molecule has 2 rings (SSSR count). The van der Waals surface area contributed by atoms with Crippen LogP contribution in [0.25, 0.3) is 0 Å². The van der Waals surface area contributed by atoms with Crippen molar-refractivity contribution in [2.75, 3.05) is 12.3 Å². The third-order valence-electron chi connectivity index (χ3n) is 2.93. The second-order valence-electron chi connectivity index (χ2n) is 4.12. The Hall–Kier alpha value is -0.770. The van der Waals surface area contributed by atoms with Gasteiger partial charge < -0.3 is 15.6 Å². The first kappa shape index (κ1) is 11.7. The number of anilines is 1. The lowest BCUT2D eigenvalue weighted by molar-refractivity contribution is -0.0630. The van der Waals surface area contributed by atoms with E-state index in [1.807, 2.05) is 0 Å². The van der Waals surface area contributed by atoms with Gasteiger partial charge in [0.25, 0.3) is 0 Å². The molecule has 4 heteroatoms.